The van der Waals surface area contributed by atoms with Crippen molar-refractivity contribution in [2.45, 2.75) is 18.9 Å². The minimum atomic E-state index is 0.124. The Labute approximate surface area is 94.2 Å². The predicted molar refractivity (Wildman–Crippen MR) is 60.3 cm³/mol. The number of furan rings is 1. The molecule has 0 aromatic carbocycles. The van der Waals surface area contributed by atoms with Crippen molar-refractivity contribution in [2.24, 2.45) is 12.9 Å². The van der Waals surface area contributed by atoms with Gasteiger partial charge in [-0.15, -0.1) is 0 Å². The summed E-state index contributed by atoms with van der Waals surface area (Å²) in [6.45, 7) is 0. The summed E-state index contributed by atoms with van der Waals surface area (Å²) in [5.41, 5.74) is 5.08. The van der Waals surface area contributed by atoms with Crippen LogP contribution in [0.4, 0.5) is 0 Å². The van der Waals surface area contributed by atoms with E-state index >= 15 is 0 Å². The summed E-state index contributed by atoms with van der Waals surface area (Å²) in [6, 6.07) is 2.05. The van der Waals surface area contributed by atoms with Crippen LogP contribution in [0.5, 0.6) is 0 Å². The molecule has 5 heteroatoms. The molecule has 3 N–H and O–H groups in total. The fraction of sp³-hybridized carbons (Fsp3) is 0.364. The van der Waals surface area contributed by atoms with Gasteiger partial charge in [0.15, 0.2) is 0 Å². The van der Waals surface area contributed by atoms with Gasteiger partial charge in [0, 0.05) is 24.8 Å². The van der Waals surface area contributed by atoms with Gasteiger partial charge in [0.25, 0.3) is 0 Å². The first-order valence-corrected chi connectivity index (χ1v) is 5.25. The van der Waals surface area contributed by atoms with Gasteiger partial charge in [-0.25, -0.2) is 0 Å². The number of nitrogens with one attached hydrogen (secondary N) is 1. The van der Waals surface area contributed by atoms with Gasteiger partial charge in [-0.1, -0.05) is 0 Å². The van der Waals surface area contributed by atoms with Crippen LogP contribution in [-0.2, 0) is 13.5 Å². The fourth-order valence-corrected chi connectivity index (χ4v) is 1.73. The Kier molecular flexibility index (Phi) is 3.38. The van der Waals surface area contributed by atoms with Gasteiger partial charge in [0.2, 0.25) is 0 Å². The van der Waals surface area contributed by atoms with Gasteiger partial charge < -0.3 is 4.42 Å². The van der Waals surface area contributed by atoms with Crippen LogP contribution in [0.1, 0.15) is 23.6 Å². The van der Waals surface area contributed by atoms with E-state index in [1.54, 1.807) is 17.2 Å². The second-order valence-electron chi connectivity index (χ2n) is 3.84. The number of hydrogen-bond donors (Lipinski definition) is 2. The van der Waals surface area contributed by atoms with Crippen LogP contribution in [0.2, 0.25) is 0 Å². The number of nitrogens with two attached hydrogens (primary N) is 1. The smallest absolute Gasteiger partial charge is 0.0950 e. The Balaban J connectivity index is 1.93. The fourth-order valence-electron chi connectivity index (χ4n) is 1.73. The van der Waals surface area contributed by atoms with E-state index in [0.717, 1.165) is 18.4 Å². The molecule has 0 amide bonds. The highest BCUT2D eigenvalue weighted by Crippen LogP contribution is 2.18. The number of aryl methyl sites for hydroxylation is 2. The largest absolute Gasteiger partial charge is 0.472 e. The van der Waals surface area contributed by atoms with Gasteiger partial charge in [0.1, 0.15) is 0 Å². The molecule has 0 aliphatic heterocycles. The maximum atomic E-state index is 5.52. The quantitative estimate of drug-likeness (QED) is 0.586. The van der Waals surface area contributed by atoms with E-state index in [0.29, 0.717) is 0 Å². The van der Waals surface area contributed by atoms with E-state index in [-0.39, 0.29) is 6.04 Å². The van der Waals surface area contributed by atoms with E-state index in [1.165, 1.54) is 5.56 Å². The lowest BCUT2D eigenvalue weighted by Gasteiger charge is -2.12. The average Bonchev–Trinajstić information content (AvgIpc) is 2.91. The second kappa shape index (κ2) is 4.96. The molecule has 0 spiro atoms. The number of rotatable bonds is 5. The zero-order chi connectivity index (χ0) is 11.4. The van der Waals surface area contributed by atoms with Gasteiger partial charge in [-0.05, 0) is 24.5 Å². The Hall–Kier alpha value is -1.59. The zero-order valence-corrected chi connectivity index (χ0v) is 9.26. The summed E-state index contributed by atoms with van der Waals surface area (Å²) in [6.07, 6.45) is 9.12. The second-order valence-corrected chi connectivity index (χ2v) is 3.84. The normalized spacial score (nSPS) is 12.9. The van der Waals surface area contributed by atoms with Crippen LogP contribution < -0.4 is 11.3 Å². The Morgan fingerprint density at radius 2 is 2.50 bits per heavy atom. The topological polar surface area (TPSA) is 69.0 Å². The molecule has 0 radical (unpaired) electrons. The molecule has 86 valence electrons. The molecule has 5 nitrogen and oxygen atoms in total. The molecule has 1 unspecified atom stereocenters. The van der Waals surface area contributed by atoms with Crippen LogP contribution in [0.3, 0.4) is 0 Å². The van der Waals surface area contributed by atoms with Crippen molar-refractivity contribution in [3.8, 4) is 0 Å². The van der Waals surface area contributed by atoms with E-state index in [1.807, 2.05) is 25.5 Å². The van der Waals surface area contributed by atoms with Crippen molar-refractivity contribution in [1.82, 2.24) is 15.2 Å². The van der Waals surface area contributed by atoms with E-state index in [2.05, 4.69) is 10.5 Å². The first-order valence-electron chi connectivity index (χ1n) is 5.25. The lowest BCUT2D eigenvalue weighted by Crippen LogP contribution is -2.28. The number of aromatic nitrogens is 2. The lowest BCUT2D eigenvalue weighted by atomic mass is 10.0. The third kappa shape index (κ3) is 2.50. The maximum Gasteiger partial charge on any atom is 0.0950 e. The van der Waals surface area contributed by atoms with Gasteiger partial charge >= 0.3 is 0 Å². The summed E-state index contributed by atoms with van der Waals surface area (Å²) >= 11 is 0. The third-order valence-electron chi connectivity index (χ3n) is 2.63. The first kappa shape index (κ1) is 10.9. The van der Waals surface area contributed by atoms with Crippen molar-refractivity contribution >= 4 is 0 Å². The van der Waals surface area contributed by atoms with Gasteiger partial charge in [-0.2, -0.15) is 5.10 Å². The molecule has 0 fully saturated rings. The molecule has 0 aliphatic rings. The number of hydrazine groups is 1. The summed E-state index contributed by atoms with van der Waals surface area (Å²) in [4.78, 5) is 0. The van der Waals surface area contributed by atoms with Crippen LogP contribution in [0, 0.1) is 0 Å². The molecule has 16 heavy (non-hydrogen) atoms. The molecule has 0 bridgehead atoms. The monoisotopic (exact) mass is 220 g/mol. The highest BCUT2D eigenvalue weighted by molar-refractivity contribution is 5.12. The number of hydrogen-bond acceptors (Lipinski definition) is 4. The molecule has 2 rings (SSSR count). The Bertz CT molecular complexity index is 421. The van der Waals surface area contributed by atoms with Crippen LogP contribution in [-0.4, -0.2) is 9.78 Å². The van der Waals surface area contributed by atoms with Crippen molar-refractivity contribution in [3.05, 3.63) is 42.1 Å². The zero-order valence-electron chi connectivity index (χ0n) is 9.26. The maximum absolute atomic E-state index is 5.52. The highest BCUT2D eigenvalue weighted by Gasteiger charge is 2.11. The summed E-state index contributed by atoms with van der Waals surface area (Å²) in [7, 11) is 1.91. The molecule has 0 aliphatic carbocycles. The van der Waals surface area contributed by atoms with Crippen LogP contribution >= 0.6 is 0 Å². The number of nitrogens with zero attached hydrogens (tertiary/aromatic N) is 2. The minimum Gasteiger partial charge on any atom is -0.472 e. The van der Waals surface area contributed by atoms with Gasteiger partial charge in [-0.3, -0.25) is 16.0 Å². The Morgan fingerprint density at radius 1 is 1.62 bits per heavy atom. The lowest BCUT2D eigenvalue weighted by molar-refractivity contribution is 0.501. The molecule has 0 saturated heterocycles. The summed E-state index contributed by atoms with van der Waals surface area (Å²) in [5, 5.41) is 4.13. The molecular weight excluding hydrogens is 204 g/mol. The van der Waals surface area contributed by atoms with Crippen molar-refractivity contribution in [3.63, 3.8) is 0 Å². The van der Waals surface area contributed by atoms with Gasteiger partial charge in [0.05, 0.1) is 18.7 Å². The van der Waals surface area contributed by atoms with E-state index < -0.39 is 0 Å². The molecule has 0 saturated carbocycles. The molecule has 1 atom stereocenters. The SMILES string of the molecule is Cn1cc(CCC(NN)c2ccoc2)cn1. The molecule has 2 aromatic heterocycles. The van der Waals surface area contributed by atoms with Crippen molar-refractivity contribution in [2.75, 3.05) is 0 Å². The minimum absolute atomic E-state index is 0.124. The Morgan fingerprint density at radius 3 is 3.06 bits per heavy atom. The highest BCUT2D eigenvalue weighted by atomic mass is 16.3. The standard InChI is InChI=1S/C11H16N4O/c1-15-7-9(6-13-15)2-3-11(14-12)10-4-5-16-8-10/h4-8,11,14H,2-3,12H2,1H3. The van der Waals surface area contributed by atoms with Crippen molar-refractivity contribution in [1.29, 1.82) is 0 Å². The van der Waals surface area contributed by atoms with Crippen LogP contribution in [0.15, 0.2) is 35.4 Å². The van der Waals surface area contributed by atoms with E-state index in [9.17, 15) is 0 Å². The summed E-state index contributed by atoms with van der Waals surface area (Å²) in [5.74, 6) is 5.52. The average molecular weight is 220 g/mol. The first-order chi connectivity index (χ1) is 7.79. The van der Waals surface area contributed by atoms with Crippen molar-refractivity contribution < 1.29 is 4.42 Å². The molecule has 2 aromatic rings. The third-order valence-corrected chi connectivity index (χ3v) is 2.63. The predicted octanol–water partition coefficient (Wildman–Crippen LogP) is 1.15. The van der Waals surface area contributed by atoms with E-state index in [4.69, 9.17) is 10.3 Å². The summed E-state index contributed by atoms with van der Waals surface area (Å²) < 4.78 is 6.85. The molecule has 2 heterocycles. The van der Waals surface area contributed by atoms with Crippen LogP contribution in [0.25, 0.3) is 0 Å². The molecular formula is C11H16N4O.